The van der Waals surface area contributed by atoms with Crippen molar-refractivity contribution in [3.05, 3.63) is 62.2 Å². The van der Waals surface area contributed by atoms with E-state index < -0.39 is 34.1 Å². The van der Waals surface area contributed by atoms with Crippen LogP contribution in [0.25, 0.3) is 17.0 Å². The van der Waals surface area contributed by atoms with Crippen LogP contribution >= 0.6 is 0 Å². The molecule has 0 saturated heterocycles. The van der Waals surface area contributed by atoms with Crippen LogP contribution in [0, 0.1) is 0 Å². The number of ether oxygens (including phenoxy) is 1. The minimum Gasteiger partial charge on any atom is -0.507 e. The van der Waals surface area contributed by atoms with E-state index in [-0.39, 0.29) is 53.1 Å². The topological polar surface area (TPSA) is 117 Å². The summed E-state index contributed by atoms with van der Waals surface area (Å²) in [5.41, 5.74) is -0.343. The van der Waals surface area contributed by atoms with Gasteiger partial charge in [0.1, 0.15) is 33.8 Å². The number of hydrogen-bond acceptors (Lipinski definition) is 7. The van der Waals surface area contributed by atoms with Crippen molar-refractivity contribution in [1.82, 2.24) is 0 Å². The molecule has 0 fully saturated rings. The molecule has 0 radical (unpaired) electrons. The Labute approximate surface area is 204 Å². The number of allylic oxidation sites excluding steroid dienone is 5. The maximum absolute atomic E-state index is 14.2. The number of Topliss-reactive ketones (excluding diaryl/α,β-unsaturated/α-hetero) is 1. The summed E-state index contributed by atoms with van der Waals surface area (Å²) in [5.74, 6) is -0.955. The Morgan fingerprint density at radius 3 is 2.26 bits per heavy atom. The Hall–Kier alpha value is -3.32. The Balaban J connectivity index is 2.13. The molecule has 4 rings (SSSR count). The summed E-state index contributed by atoms with van der Waals surface area (Å²) in [5, 5.41) is 31.9. The lowest BCUT2D eigenvalue weighted by Crippen LogP contribution is -2.47. The van der Waals surface area contributed by atoms with Crippen molar-refractivity contribution in [1.29, 1.82) is 0 Å². The molecular weight excluding hydrogens is 448 g/mol. The molecule has 2 aliphatic rings. The van der Waals surface area contributed by atoms with Gasteiger partial charge in [0.2, 0.25) is 11.2 Å². The van der Waals surface area contributed by atoms with Crippen molar-refractivity contribution in [2.45, 2.75) is 77.9 Å². The van der Waals surface area contributed by atoms with Crippen LogP contribution in [0.4, 0.5) is 0 Å². The predicted octanol–water partition coefficient (Wildman–Crippen LogP) is 5.01. The number of fused-ring (bicyclic) bond motifs is 4. The van der Waals surface area contributed by atoms with E-state index in [1.165, 1.54) is 12.1 Å². The zero-order valence-corrected chi connectivity index (χ0v) is 21.0. The predicted molar refractivity (Wildman–Crippen MR) is 134 cm³/mol. The maximum Gasteiger partial charge on any atom is 0.208 e. The van der Waals surface area contributed by atoms with Gasteiger partial charge in [-0.3, -0.25) is 9.59 Å². The smallest absolute Gasteiger partial charge is 0.208 e. The maximum atomic E-state index is 14.2. The lowest BCUT2D eigenvalue weighted by Gasteiger charge is -2.38. The molecule has 7 nitrogen and oxygen atoms in total. The molecule has 1 unspecified atom stereocenters. The summed E-state index contributed by atoms with van der Waals surface area (Å²) >= 11 is 0. The fourth-order valence-electron chi connectivity index (χ4n) is 4.78. The number of aromatic hydroxyl groups is 1. The summed E-state index contributed by atoms with van der Waals surface area (Å²) in [6.07, 6.45) is 4.54. The number of ketones is 1. The third kappa shape index (κ3) is 3.97. The molecule has 0 spiro atoms. The first-order valence-electron chi connectivity index (χ1n) is 11.7. The van der Waals surface area contributed by atoms with Gasteiger partial charge in [-0.05, 0) is 54.4 Å². The number of phenols is 1. The van der Waals surface area contributed by atoms with Gasteiger partial charge in [-0.25, -0.2) is 0 Å². The first kappa shape index (κ1) is 24.8. The van der Waals surface area contributed by atoms with Crippen LogP contribution in [0.2, 0.25) is 0 Å². The number of phenolic OH excluding ortho intramolecular Hbond substituents is 1. The van der Waals surface area contributed by atoms with E-state index in [0.29, 0.717) is 5.56 Å². The lowest BCUT2D eigenvalue weighted by atomic mass is 9.67. The van der Waals surface area contributed by atoms with Gasteiger partial charge in [0.25, 0.3) is 0 Å². The number of carbonyl (C=O) groups excluding carboxylic acids is 1. The average Bonchev–Trinajstić information content (AvgIpc) is 2.74. The van der Waals surface area contributed by atoms with E-state index in [9.17, 15) is 24.9 Å². The molecule has 1 atom stereocenters. The number of aliphatic hydroxyl groups excluding tert-OH is 2. The Morgan fingerprint density at radius 2 is 1.69 bits per heavy atom. The van der Waals surface area contributed by atoms with Gasteiger partial charge in [-0.15, -0.1) is 0 Å². The summed E-state index contributed by atoms with van der Waals surface area (Å²) in [4.78, 5) is 27.8. The molecule has 35 heavy (non-hydrogen) atoms. The highest BCUT2D eigenvalue weighted by atomic mass is 16.5. The van der Waals surface area contributed by atoms with Gasteiger partial charge < -0.3 is 24.5 Å². The van der Waals surface area contributed by atoms with E-state index in [1.54, 1.807) is 13.8 Å². The molecule has 1 aliphatic heterocycles. The van der Waals surface area contributed by atoms with E-state index in [2.05, 4.69) is 0 Å². The van der Waals surface area contributed by atoms with Crippen molar-refractivity contribution >= 4 is 22.8 Å². The van der Waals surface area contributed by atoms with Gasteiger partial charge in [0.05, 0.1) is 17.1 Å². The first-order chi connectivity index (χ1) is 16.3. The third-order valence-electron chi connectivity index (χ3n) is 6.94. The molecule has 1 aromatic carbocycles. The first-order valence-corrected chi connectivity index (χ1v) is 11.7. The minimum absolute atomic E-state index is 0.0777. The molecule has 0 saturated carbocycles. The number of hydrogen-bond donors (Lipinski definition) is 3. The van der Waals surface area contributed by atoms with Crippen molar-refractivity contribution in [3.63, 3.8) is 0 Å². The Bertz CT molecular complexity index is 1360. The second kappa shape index (κ2) is 8.41. The molecule has 1 aliphatic carbocycles. The van der Waals surface area contributed by atoms with Crippen molar-refractivity contribution in [2.75, 3.05) is 0 Å². The molecule has 186 valence electrons. The fourth-order valence-corrected chi connectivity index (χ4v) is 4.78. The van der Waals surface area contributed by atoms with Crippen LogP contribution in [-0.2, 0) is 16.6 Å². The van der Waals surface area contributed by atoms with Crippen LogP contribution < -0.4 is 10.2 Å². The quantitative estimate of drug-likeness (QED) is 0.527. The third-order valence-corrected chi connectivity index (χ3v) is 6.94. The van der Waals surface area contributed by atoms with Crippen molar-refractivity contribution in [2.24, 2.45) is 0 Å². The van der Waals surface area contributed by atoms with Gasteiger partial charge in [-0.2, -0.15) is 0 Å². The fraction of sp³-hybridized carbons (Fsp3) is 0.429. The second-order valence-corrected chi connectivity index (χ2v) is 10.6. The number of rotatable bonds is 4. The summed E-state index contributed by atoms with van der Waals surface area (Å²) in [6.45, 7) is 11.0. The van der Waals surface area contributed by atoms with Crippen LogP contribution in [-0.4, -0.2) is 32.8 Å². The van der Waals surface area contributed by atoms with E-state index in [4.69, 9.17) is 9.15 Å². The van der Waals surface area contributed by atoms with E-state index in [1.807, 2.05) is 39.8 Å². The normalized spacial score (nSPS) is 19.8. The standard InChI is InChI=1S/C28H32O7/c1-14(2)7-9-28(10-8-15(3)4)23-20(13-18(30)26(28)33)34-19-12-17(29)16-11-21(31)27(5,6)35-25(16)22(19)24(23)32/h7-8,12-13,21,29-31H,9-11H2,1-6H3. The molecule has 3 N–H and O–H groups in total. The molecule has 2 heterocycles. The number of aliphatic hydroxyl groups is 2. The highest BCUT2D eigenvalue weighted by Gasteiger charge is 2.48. The SMILES string of the molecule is CC(C)=CCC1(CC=C(C)C)C(=O)C(O)=Cc2oc3cc(O)c4c(c3c(=O)c21)OC(C)(C)C(O)C4. The van der Waals surface area contributed by atoms with Crippen LogP contribution in [0.3, 0.4) is 0 Å². The van der Waals surface area contributed by atoms with Crippen molar-refractivity contribution in [3.8, 4) is 11.5 Å². The highest BCUT2D eigenvalue weighted by Crippen LogP contribution is 2.46. The number of carbonyl (C=O) groups is 1. The summed E-state index contributed by atoms with van der Waals surface area (Å²) in [6, 6.07) is 1.32. The van der Waals surface area contributed by atoms with E-state index >= 15 is 0 Å². The Morgan fingerprint density at radius 1 is 1.09 bits per heavy atom. The average molecular weight is 481 g/mol. The summed E-state index contributed by atoms with van der Waals surface area (Å²) in [7, 11) is 0. The van der Waals surface area contributed by atoms with Gasteiger partial charge >= 0.3 is 0 Å². The summed E-state index contributed by atoms with van der Waals surface area (Å²) < 4.78 is 12.1. The molecule has 7 heteroatoms. The van der Waals surface area contributed by atoms with Crippen LogP contribution in [0.1, 0.15) is 71.3 Å². The molecule has 1 aromatic heterocycles. The zero-order valence-electron chi connectivity index (χ0n) is 21.0. The monoisotopic (exact) mass is 480 g/mol. The highest BCUT2D eigenvalue weighted by molar-refractivity contribution is 6.08. The van der Waals surface area contributed by atoms with E-state index in [0.717, 1.165) is 11.1 Å². The molecular formula is C28H32O7. The Kier molecular flexibility index (Phi) is 5.96. The molecule has 2 aromatic rings. The van der Waals surface area contributed by atoms with Crippen LogP contribution in [0.5, 0.6) is 11.5 Å². The second-order valence-electron chi connectivity index (χ2n) is 10.6. The zero-order chi connectivity index (χ0) is 25.9. The number of benzene rings is 1. The lowest BCUT2D eigenvalue weighted by molar-refractivity contribution is -0.123. The largest absolute Gasteiger partial charge is 0.507 e. The molecule has 0 amide bonds. The van der Waals surface area contributed by atoms with Crippen molar-refractivity contribution < 1.29 is 29.3 Å². The van der Waals surface area contributed by atoms with Gasteiger partial charge in [-0.1, -0.05) is 23.3 Å². The van der Waals surface area contributed by atoms with Gasteiger partial charge in [0.15, 0.2) is 5.76 Å². The minimum atomic E-state index is -1.37. The van der Waals surface area contributed by atoms with Crippen LogP contribution in [0.15, 0.2) is 44.3 Å². The molecule has 0 bridgehead atoms. The van der Waals surface area contributed by atoms with Gasteiger partial charge in [0, 0.05) is 24.1 Å².